The summed E-state index contributed by atoms with van der Waals surface area (Å²) in [6, 6.07) is 1.78. The molecule has 3 N–H and O–H groups in total. The highest BCUT2D eigenvalue weighted by Gasteiger charge is 2.41. The number of nitrogens with one attached hydrogen (secondary N) is 2. The highest BCUT2D eigenvalue weighted by atomic mass is 16.3. The van der Waals surface area contributed by atoms with Crippen molar-refractivity contribution >= 4 is 17.6 Å². The molecular formula is C16H26N4O3. The van der Waals surface area contributed by atoms with Crippen LogP contribution in [0.3, 0.4) is 0 Å². The lowest BCUT2D eigenvalue weighted by atomic mass is 9.90. The summed E-state index contributed by atoms with van der Waals surface area (Å²) in [6.45, 7) is 8.39. The molecular weight excluding hydrogens is 296 g/mol. The van der Waals surface area contributed by atoms with Crippen LogP contribution in [0.5, 0.6) is 0 Å². The summed E-state index contributed by atoms with van der Waals surface area (Å²) in [4.78, 5) is 25.4. The number of hydrogen-bond acceptors (Lipinski definition) is 4. The van der Waals surface area contributed by atoms with E-state index < -0.39 is 11.5 Å². The van der Waals surface area contributed by atoms with Crippen molar-refractivity contribution in [3.05, 3.63) is 11.8 Å². The average Bonchev–Trinajstić information content (AvgIpc) is 2.83. The average molecular weight is 322 g/mol. The van der Waals surface area contributed by atoms with E-state index in [-0.39, 0.29) is 17.9 Å². The van der Waals surface area contributed by atoms with E-state index in [4.69, 9.17) is 0 Å². The Morgan fingerprint density at radius 3 is 2.78 bits per heavy atom. The number of likely N-dealkylation sites (tertiary alicyclic amines) is 1. The van der Waals surface area contributed by atoms with Gasteiger partial charge in [0.05, 0.1) is 6.54 Å². The third-order valence-electron chi connectivity index (χ3n) is 3.93. The lowest BCUT2D eigenvalue weighted by Gasteiger charge is -2.37. The van der Waals surface area contributed by atoms with Gasteiger partial charge in [-0.3, -0.25) is 14.7 Å². The van der Waals surface area contributed by atoms with Crippen molar-refractivity contribution < 1.29 is 14.7 Å². The summed E-state index contributed by atoms with van der Waals surface area (Å²) < 4.78 is 0. The van der Waals surface area contributed by atoms with E-state index in [1.54, 1.807) is 6.07 Å². The maximum Gasteiger partial charge on any atom is 0.259 e. The normalized spacial score (nSPS) is 22.0. The fourth-order valence-corrected chi connectivity index (χ4v) is 2.81. The van der Waals surface area contributed by atoms with Crippen molar-refractivity contribution in [2.24, 2.45) is 5.41 Å². The van der Waals surface area contributed by atoms with Gasteiger partial charge in [-0.15, -0.1) is 0 Å². The Balaban J connectivity index is 2.02. The van der Waals surface area contributed by atoms with Gasteiger partial charge >= 0.3 is 0 Å². The summed E-state index contributed by atoms with van der Waals surface area (Å²) in [7, 11) is 0. The van der Waals surface area contributed by atoms with Crippen LogP contribution in [0.15, 0.2) is 6.07 Å². The zero-order valence-electron chi connectivity index (χ0n) is 14.3. The number of rotatable bonds is 3. The van der Waals surface area contributed by atoms with Gasteiger partial charge < -0.3 is 15.3 Å². The second kappa shape index (κ2) is 6.31. The number of nitrogens with zero attached hydrogens (tertiary/aromatic N) is 2. The number of carbonyl (C=O) groups is 2. The molecule has 1 aromatic rings. The molecule has 0 aliphatic carbocycles. The number of piperidine rings is 1. The monoisotopic (exact) mass is 322 g/mol. The number of hydrogen-bond donors (Lipinski definition) is 3. The molecule has 2 rings (SSSR count). The van der Waals surface area contributed by atoms with E-state index >= 15 is 0 Å². The van der Waals surface area contributed by atoms with Gasteiger partial charge in [0, 0.05) is 25.2 Å². The number of carbonyl (C=O) groups excluding carboxylic acids is 2. The molecule has 2 heterocycles. The lowest BCUT2D eigenvalue weighted by molar-refractivity contribution is -0.146. The first kappa shape index (κ1) is 17.5. The van der Waals surface area contributed by atoms with Crippen molar-refractivity contribution in [2.75, 3.05) is 18.4 Å². The van der Waals surface area contributed by atoms with E-state index in [9.17, 15) is 14.7 Å². The summed E-state index contributed by atoms with van der Waals surface area (Å²) >= 11 is 0. The Kier molecular flexibility index (Phi) is 4.79. The predicted octanol–water partition coefficient (Wildman–Crippen LogP) is 1.31. The lowest BCUT2D eigenvalue weighted by Crippen LogP contribution is -2.56. The number of aromatic amines is 1. The number of aromatic nitrogens is 2. The van der Waals surface area contributed by atoms with E-state index in [0.29, 0.717) is 25.2 Å². The second-order valence-corrected chi connectivity index (χ2v) is 7.55. The Labute approximate surface area is 136 Å². The predicted molar refractivity (Wildman–Crippen MR) is 86.8 cm³/mol. The number of aliphatic hydroxyl groups is 1. The first-order chi connectivity index (χ1) is 10.6. The fraction of sp³-hybridized carbons (Fsp3) is 0.688. The van der Waals surface area contributed by atoms with Crippen molar-refractivity contribution in [3.8, 4) is 0 Å². The number of amides is 2. The molecule has 7 nitrogen and oxygen atoms in total. The van der Waals surface area contributed by atoms with Gasteiger partial charge in [0.15, 0.2) is 11.4 Å². The van der Waals surface area contributed by atoms with E-state index in [1.807, 2.05) is 0 Å². The molecule has 1 fully saturated rings. The number of anilines is 1. The van der Waals surface area contributed by atoms with E-state index in [1.165, 1.54) is 11.8 Å². The first-order valence-electron chi connectivity index (χ1n) is 7.93. The molecule has 0 spiro atoms. The minimum absolute atomic E-state index is 0.0213. The van der Waals surface area contributed by atoms with Crippen LogP contribution in [-0.2, 0) is 16.0 Å². The Bertz CT molecular complexity index is 590. The Morgan fingerprint density at radius 1 is 1.48 bits per heavy atom. The van der Waals surface area contributed by atoms with Gasteiger partial charge in [-0.25, -0.2) is 0 Å². The van der Waals surface area contributed by atoms with Crippen LogP contribution < -0.4 is 5.32 Å². The maximum atomic E-state index is 12.4. The molecule has 0 unspecified atom stereocenters. The van der Waals surface area contributed by atoms with Crippen LogP contribution in [0.4, 0.5) is 5.82 Å². The molecule has 0 bridgehead atoms. The fourth-order valence-electron chi connectivity index (χ4n) is 2.81. The van der Waals surface area contributed by atoms with E-state index in [2.05, 4.69) is 36.3 Å². The minimum Gasteiger partial charge on any atom is -0.378 e. The van der Waals surface area contributed by atoms with Crippen LogP contribution in [0.1, 0.15) is 46.2 Å². The van der Waals surface area contributed by atoms with Gasteiger partial charge in [-0.05, 0) is 24.7 Å². The van der Waals surface area contributed by atoms with Gasteiger partial charge in [0.25, 0.3) is 5.91 Å². The van der Waals surface area contributed by atoms with Crippen molar-refractivity contribution in [3.63, 3.8) is 0 Å². The SMILES string of the molecule is CC(=O)N1CCC[C@](O)(C(=O)Nc2cc(CC(C)(C)C)[nH]n2)C1. The quantitative estimate of drug-likeness (QED) is 0.781. The third kappa shape index (κ3) is 4.54. The number of β-amino-alcohol motifs (C(OH)–C–C–N with tert-alkyl or cyclic N) is 1. The van der Waals surface area contributed by atoms with Crippen LogP contribution in [0.2, 0.25) is 0 Å². The molecule has 7 heteroatoms. The molecule has 0 aromatic carbocycles. The van der Waals surface area contributed by atoms with Crippen LogP contribution in [0.25, 0.3) is 0 Å². The summed E-state index contributed by atoms with van der Waals surface area (Å²) in [5, 5.41) is 20.2. The molecule has 23 heavy (non-hydrogen) atoms. The molecule has 1 aromatic heterocycles. The molecule has 128 valence electrons. The molecule has 1 aliphatic heterocycles. The van der Waals surface area contributed by atoms with Gasteiger partial charge in [0.1, 0.15) is 0 Å². The first-order valence-corrected chi connectivity index (χ1v) is 7.93. The molecule has 1 atom stereocenters. The van der Waals surface area contributed by atoms with E-state index in [0.717, 1.165) is 12.1 Å². The summed E-state index contributed by atoms with van der Waals surface area (Å²) in [5.74, 6) is -0.261. The summed E-state index contributed by atoms with van der Waals surface area (Å²) in [6.07, 6.45) is 1.74. The molecule has 1 saturated heterocycles. The standard InChI is InChI=1S/C16H26N4O3/c1-11(21)20-7-5-6-16(23,10-20)14(22)17-13-8-12(18-19-13)9-15(2,3)4/h8,23H,5-7,9-10H2,1-4H3,(H2,17,18,19,22)/t16-/m1/s1. The van der Waals surface area contributed by atoms with Crippen molar-refractivity contribution in [2.45, 2.75) is 52.6 Å². The van der Waals surface area contributed by atoms with Gasteiger partial charge in [-0.1, -0.05) is 20.8 Å². The van der Waals surface area contributed by atoms with Gasteiger partial charge in [0.2, 0.25) is 5.91 Å². The van der Waals surface area contributed by atoms with Gasteiger partial charge in [-0.2, -0.15) is 5.10 Å². The minimum atomic E-state index is -1.56. The van der Waals surface area contributed by atoms with Crippen LogP contribution in [0, 0.1) is 5.41 Å². The smallest absolute Gasteiger partial charge is 0.259 e. The van der Waals surface area contributed by atoms with Crippen molar-refractivity contribution in [1.82, 2.24) is 15.1 Å². The molecule has 0 saturated carbocycles. The Hall–Kier alpha value is -1.89. The Morgan fingerprint density at radius 2 is 2.17 bits per heavy atom. The zero-order valence-corrected chi connectivity index (χ0v) is 14.3. The van der Waals surface area contributed by atoms with Crippen LogP contribution >= 0.6 is 0 Å². The maximum absolute atomic E-state index is 12.4. The van der Waals surface area contributed by atoms with Crippen LogP contribution in [-0.4, -0.2) is 50.7 Å². The molecule has 0 radical (unpaired) electrons. The highest BCUT2D eigenvalue weighted by Crippen LogP contribution is 2.24. The number of H-pyrrole nitrogens is 1. The molecule has 2 amide bonds. The third-order valence-corrected chi connectivity index (χ3v) is 3.93. The van der Waals surface area contributed by atoms with Crippen molar-refractivity contribution in [1.29, 1.82) is 0 Å². The summed E-state index contributed by atoms with van der Waals surface area (Å²) in [5.41, 5.74) is -0.529. The highest BCUT2D eigenvalue weighted by molar-refractivity contribution is 5.97. The zero-order chi connectivity index (χ0) is 17.3. The topological polar surface area (TPSA) is 98.3 Å². The molecule has 1 aliphatic rings. The largest absolute Gasteiger partial charge is 0.378 e. The second-order valence-electron chi connectivity index (χ2n) is 7.55.